The van der Waals surface area contributed by atoms with Gasteiger partial charge in [0.25, 0.3) is 5.91 Å². The summed E-state index contributed by atoms with van der Waals surface area (Å²) >= 11 is 1.13. The van der Waals surface area contributed by atoms with Crippen LogP contribution in [0.15, 0.2) is 109 Å². The first-order chi connectivity index (χ1) is 34.6. The average molecular weight is 1010 g/mol. The molecule has 1 aliphatic rings. The summed E-state index contributed by atoms with van der Waals surface area (Å²) in [5, 5.41) is 39.9. The lowest BCUT2D eigenvalue weighted by Gasteiger charge is -2.23. The Bertz CT molecular complexity index is 2690. The third-order valence-corrected chi connectivity index (χ3v) is 12.4. The highest BCUT2D eigenvalue weighted by Crippen LogP contribution is 2.44. The molecule has 1 aliphatic carbocycles. The second kappa shape index (κ2) is 25.5. The van der Waals surface area contributed by atoms with Crippen molar-refractivity contribution < 1.29 is 53.3 Å². The number of thiazole rings is 1. The van der Waals surface area contributed by atoms with E-state index in [2.05, 4.69) is 47.5 Å². The van der Waals surface area contributed by atoms with Crippen molar-refractivity contribution in [1.29, 1.82) is 0 Å². The van der Waals surface area contributed by atoms with Gasteiger partial charge in [0, 0.05) is 38.0 Å². The Morgan fingerprint density at radius 2 is 1.26 bits per heavy atom. The van der Waals surface area contributed by atoms with Gasteiger partial charge >= 0.3 is 6.09 Å². The minimum absolute atomic E-state index is 0.0151. The maximum absolute atomic E-state index is 13.7. The number of aromatic nitrogens is 1. The van der Waals surface area contributed by atoms with Gasteiger partial charge in [-0.05, 0) is 59.4 Å². The van der Waals surface area contributed by atoms with Gasteiger partial charge in [-0.3, -0.25) is 33.6 Å². The van der Waals surface area contributed by atoms with E-state index in [4.69, 9.17) is 10.5 Å². The molecule has 0 bridgehead atoms. The maximum Gasteiger partial charge on any atom is 0.407 e. The number of aliphatic hydroxyl groups excluding tert-OH is 1. The second-order valence-corrected chi connectivity index (χ2v) is 17.9. The Balaban J connectivity index is 1.01. The molecule has 0 spiro atoms. The SMILES string of the molecule is C[C@H](NC(=O)[C@H](C)NC(=O)[C@H](Cc1ccc(O)cc1)OC(=O)NCC1c2ccccc2-c2ccccc21)C(=O)NCC(=O)N[C@@H](CNC(=O)CNc1ncc(CO)s1)C(=O)N[C@@H](Cc1ccccc1)C(N)=O. The highest BCUT2D eigenvalue weighted by Gasteiger charge is 2.32. The van der Waals surface area contributed by atoms with E-state index in [1.807, 2.05) is 48.5 Å². The van der Waals surface area contributed by atoms with Gasteiger partial charge in [0.05, 0.1) is 24.6 Å². The predicted octanol–water partition coefficient (Wildman–Crippen LogP) is 0.842. The third kappa shape index (κ3) is 15.1. The molecular formula is C50H56N10O11S. The summed E-state index contributed by atoms with van der Waals surface area (Å²) < 4.78 is 5.65. The number of benzene rings is 4. The minimum Gasteiger partial charge on any atom is -0.508 e. The standard InChI is InChI=1S/C50H56N10O11S/c1-28(45(66)53-26-43(64)59-40(24-52-42(63)25-55-49-54-22-33(27-61)72-49)47(68)60-39(44(51)65)20-30-10-4-3-5-11-30)57-46(67)29(2)58-48(69)41(21-31-16-18-32(62)19-17-31)71-50(70)56-23-38-36-14-8-6-12-34(36)35-13-7-9-15-37(35)38/h3-19,22,28-29,38-41,61-62H,20-21,23-27H2,1-2H3,(H2,51,65)(H,52,63)(H,53,66)(H,54,55)(H,56,70)(H,57,67)(H,58,69)(H,59,64)(H,60,68)/t28-,29-,39-,40-,41-/m0/s1. The van der Waals surface area contributed by atoms with Crippen LogP contribution >= 0.6 is 11.3 Å². The van der Waals surface area contributed by atoms with Gasteiger partial charge in [0.1, 0.15) is 29.9 Å². The summed E-state index contributed by atoms with van der Waals surface area (Å²) in [5.41, 5.74) is 11.0. The minimum atomic E-state index is -1.46. The molecule has 21 nitrogen and oxygen atoms in total. The van der Waals surface area contributed by atoms with E-state index < -0.39 is 90.8 Å². The zero-order chi connectivity index (χ0) is 51.7. The largest absolute Gasteiger partial charge is 0.508 e. The van der Waals surface area contributed by atoms with Crippen molar-refractivity contribution in [1.82, 2.24) is 42.2 Å². The molecule has 0 saturated heterocycles. The number of amides is 8. The molecule has 0 radical (unpaired) electrons. The maximum atomic E-state index is 13.7. The molecule has 5 atom stereocenters. The summed E-state index contributed by atoms with van der Waals surface area (Å²) in [4.78, 5) is 110. The normalized spacial score (nSPS) is 13.5. The van der Waals surface area contributed by atoms with Crippen LogP contribution in [0.5, 0.6) is 5.75 Å². The summed E-state index contributed by atoms with van der Waals surface area (Å²) in [6.07, 6.45) is -0.958. The average Bonchev–Trinajstić information content (AvgIpc) is 3.98. The number of hydrogen-bond donors (Lipinski definition) is 11. The van der Waals surface area contributed by atoms with E-state index in [0.717, 1.165) is 33.6 Å². The first-order valence-electron chi connectivity index (χ1n) is 22.9. The molecule has 0 fully saturated rings. The molecule has 4 aromatic carbocycles. The highest BCUT2D eigenvalue weighted by molar-refractivity contribution is 7.15. The van der Waals surface area contributed by atoms with Gasteiger partial charge in [-0.2, -0.15) is 0 Å². The van der Waals surface area contributed by atoms with Crippen molar-refractivity contribution in [2.24, 2.45) is 5.73 Å². The number of rotatable bonds is 24. The van der Waals surface area contributed by atoms with E-state index in [1.165, 1.54) is 32.2 Å². The summed E-state index contributed by atoms with van der Waals surface area (Å²) in [6, 6.07) is 25.2. The first kappa shape index (κ1) is 53.0. The molecule has 0 aliphatic heterocycles. The van der Waals surface area contributed by atoms with E-state index in [0.29, 0.717) is 21.1 Å². The fraction of sp³-hybridized carbons (Fsp3) is 0.300. The van der Waals surface area contributed by atoms with Crippen LogP contribution in [0.1, 0.15) is 46.9 Å². The Labute approximate surface area is 418 Å². The number of carbonyl (C=O) groups excluding carboxylic acids is 8. The van der Waals surface area contributed by atoms with Gasteiger partial charge in [-0.25, -0.2) is 9.78 Å². The lowest BCUT2D eigenvalue weighted by atomic mass is 9.97. The van der Waals surface area contributed by atoms with Crippen LogP contribution < -0.4 is 48.3 Å². The number of nitrogens with zero attached hydrogens (tertiary/aromatic N) is 1. The lowest BCUT2D eigenvalue weighted by Crippen LogP contribution is -2.58. The van der Waals surface area contributed by atoms with Gasteiger partial charge in [0.15, 0.2) is 11.2 Å². The first-order valence-corrected chi connectivity index (χ1v) is 23.7. The highest BCUT2D eigenvalue weighted by atomic mass is 32.1. The number of hydrogen-bond acceptors (Lipinski definition) is 14. The molecule has 12 N–H and O–H groups in total. The van der Waals surface area contributed by atoms with Crippen LogP contribution in [0.4, 0.5) is 9.93 Å². The molecule has 0 saturated carbocycles. The Morgan fingerprint density at radius 1 is 0.653 bits per heavy atom. The third-order valence-electron chi connectivity index (χ3n) is 11.4. The monoisotopic (exact) mass is 1000 g/mol. The van der Waals surface area contributed by atoms with E-state index in [9.17, 15) is 48.6 Å². The van der Waals surface area contributed by atoms with Gasteiger partial charge in [-0.1, -0.05) is 102 Å². The van der Waals surface area contributed by atoms with Crippen molar-refractivity contribution >= 4 is 63.9 Å². The fourth-order valence-electron chi connectivity index (χ4n) is 7.66. The van der Waals surface area contributed by atoms with Crippen LogP contribution in [0.25, 0.3) is 11.1 Å². The van der Waals surface area contributed by atoms with Crippen molar-refractivity contribution in [3.8, 4) is 16.9 Å². The lowest BCUT2D eigenvalue weighted by molar-refractivity contribution is -0.135. The number of aliphatic hydroxyl groups is 1. The molecule has 0 unspecified atom stereocenters. The molecule has 1 heterocycles. The van der Waals surface area contributed by atoms with E-state index in [-0.39, 0.29) is 44.2 Å². The number of phenols is 1. The van der Waals surface area contributed by atoms with Crippen LogP contribution in [-0.2, 0) is 57.7 Å². The fourth-order valence-corrected chi connectivity index (χ4v) is 8.33. The second-order valence-electron chi connectivity index (χ2n) is 16.8. The number of fused-ring (bicyclic) bond motifs is 3. The van der Waals surface area contributed by atoms with Crippen LogP contribution in [-0.4, -0.2) is 119 Å². The quantitative estimate of drug-likeness (QED) is 0.0409. The van der Waals surface area contributed by atoms with Crippen LogP contribution in [0, 0.1) is 0 Å². The number of alkyl carbamates (subject to hydrolysis) is 1. The summed E-state index contributed by atoms with van der Waals surface area (Å²) in [7, 11) is 0. The molecule has 6 rings (SSSR count). The number of anilines is 1. The number of primary amides is 1. The summed E-state index contributed by atoms with van der Waals surface area (Å²) in [6.45, 7) is 1.20. The van der Waals surface area contributed by atoms with Gasteiger partial charge in [0.2, 0.25) is 35.4 Å². The molecular weight excluding hydrogens is 949 g/mol. The number of ether oxygens (including phenoxy) is 1. The molecule has 22 heteroatoms. The molecule has 5 aromatic rings. The van der Waals surface area contributed by atoms with Gasteiger partial charge in [-0.15, -0.1) is 0 Å². The summed E-state index contributed by atoms with van der Waals surface area (Å²) in [5.74, 6) is -5.83. The van der Waals surface area contributed by atoms with Crippen molar-refractivity contribution in [2.75, 3.05) is 31.5 Å². The van der Waals surface area contributed by atoms with Crippen molar-refractivity contribution in [3.63, 3.8) is 0 Å². The zero-order valence-corrected chi connectivity index (χ0v) is 40.1. The van der Waals surface area contributed by atoms with Crippen molar-refractivity contribution in [2.45, 2.75) is 69.5 Å². The Hall–Kier alpha value is -8.37. The Kier molecular flexibility index (Phi) is 18.8. The molecule has 72 heavy (non-hydrogen) atoms. The number of nitrogens with one attached hydrogen (secondary N) is 8. The topological polar surface area (TPSA) is 321 Å². The van der Waals surface area contributed by atoms with Crippen molar-refractivity contribution in [3.05, 3.63) is 136 Å². The smallest absolute Gasteiger partial charge is 0.407 e. The van der Waals surface area contributed by atoms with Crippen LogP contribution in [0.2, 0.25) is 0 Å². The van der Waals surface area contributed by atoms with Gasteiger partial charge < -0.3 is 63.2 Å². The van der Waals surface area contributed by atoms with E-state index in [1.54, 1.807) is 42.5 Å². The zero-order valence-electron chi connectivity index (χ0n) is 39.3. The predicted molar refractivity (Wildman–Crippen MR) is 265 cm³/mol. The van der Waals surface area contributed by atoms with Crippen LogP contribution in [0.3, 0.4) is 0 Å². The molecule has 378 valence electrons. The number of carbonyl (C=O) groups is 8. The Morgan fingerprint density at radius 3 is 1.90 bits per heavy atom. The molecule has 8 amide bonds. The molecule has 1 aromatic heterocycles. The number of phenolic OH excluding ortho intramolecular Hbond substituents is 1. The number of aromatic hydroxyl groups is 1. The number of nitrogens with two attached hydrogens (primary N) is 1. The van der Waals surface area contributed by atoms with E-state index >= 15 is 0 Å².